The molecule has 0 atom stereocenters. The van der Waals surface area contributed by atoms with Gasteiger partial charge in [-0.05, 0) is 94.6 Å². The second kappa shape index (κ2) is 15.3. The van der Waals surface area contributed by atoms with Crippen molar-refractivity contribution < 1.29 is 13.2 Å². The predicted molar refractivity (Wildman–Crippen MR) is 145 cm³/mol. The second-order valence-corrected chi connectivity index (χ2v) is 9.08. The average molecular weight is 490 g/mol. The molecule has 0 heterocycles. The summed E-state index contributed by atoms with van der Waals surface area (Å²) in [5.74, 6) is 2.47. The number of hydrogen-bond donors (Lipinski definition) is 1. The molecule has 0 spiro atoms. The number of aryl methyl sites for hydroxylation is 4. The third-order valence-corrected chi connectivity index (χ3v) is 6.02. The summed E-state index contributed by atoms with van der Waals surface area (Å²) in [5.41, 5.74) is 4.47. The number of sulfonamides is 1. The topological polar surface area (TPSA) is 85.0 Å². The molecular weight excluding hydrogens is 446 g/mol. The highest BCUT2D eigenvalue weighted by Gasteiger charge is 2.13. The molecule has 0 bridgehead atoms. The minimum atomic E-state index is -3.54. The molecule has 0 aromatic heterocycles. The summed E-state index contributed by atoms with van der Waals surface area (Å²) in [6.45, 7) is 23.8. The van der Waals surface area contributed by atoms with Crippen LogP contribution in [0.2, 0.25) is 0 Å². The molecule has 0 aliphatic heterocycles. The Bertz CT molecular complexity index is 1060. The molecule has 0 saturated carbocycles. The zero-order chi connectivity index (χ0) is 26.5. The van der Waals surface area contributed by atoms with Gasteiger partial charge < -0.3 is 9.64 Å². The van der Waals surface area contributed by atoms with Crippen LogP contribution in [0.4, 0.5) is 0 Å². The van der Waals surface area contributed by atoms with Crippen LogP contribution < -0.4 is 9.88 Å². The number of amidine groups is 1. The van der Waals surface area contributed by atoms with Crippen LogP contribution in [0, 0.1) is 27.7 Å². The molecule has 2 aromatic carbocycles. The lowest BCUT2D eigenvalue weighted by Crippen LogP contribution is -2.31. The Morgan fingerprint density at radius 1 is 0.941 bits per heavy atom. The first-order chi connectivity index (χ1) is 15.9. The van der Waals surface area contributed by atoms with Gasteiger partial charge in [0.05, 0.1) is 4.90 Å². The molecule has 2 N–H and O–H groups in total. The minimum Gasteiger partial charge on any atom is -0.441 e. The Kier molecular flexibility index (Phi) is 14.1. The highest BCUT2D eigenvalue weighted by atomic mass is 32.2. The molecule has 190 valence electrons. The van der Waals surface area contributed by atoms with Crippen molar-refractivity contribution in [3.63, 3.8) is 0 Å². The molecule has 0 aliphatic carbocycles. The van der Waals surface area contributed by atoms with E-state index in [1.54, 1.807) is 12.1 Å². The quantitative estimate of drug-likeness (QED) is 0.282. The summed E-state index contributed by atoms with van der Waals surface area (Å²) in [6, 6.07) is 10.9. The van der Waals surface area contributed by atoms with Crippen molar-refractivity contribution in [2.24, 2.45) is 10.1 Å². The molecule has 0 saturated heterocycles. The zero-order valence-corrected chi connectivity index (χ0v) is 23.2. The molecular formula is C27H43N3O3S. The Morgan fingerprint density at radius 2 is 1.47 bits per heavy atom. The number of nitrogens with zero attached hydrogens (tertiary/aromatic N) is 2. The van der Waals surface area contributed by atoms with Gasteiger partial charge in [0, 0.05) is 19.5 Å². The van der Waals surface area contributed by atoms with E-state index in [2.05, 4.69) is 45.3 Å². The highest BCUT2D eigenvalue weighted by molar-refractivity contribution is 7.89. The van der Waals surface area contributed by atoms with Gasteiger partial charge in [0.2, 0.25) is 10.0 Å². The summed E-state index contributed by atoms with van der Waals surface area (Å²) in [4.78, 5) is 6.71. The Labute approximate surface area is 207 Å². The van der Waals surface area contributed by atoms with E-state index >= 15 is 0 Å². The highest BCUT2D eigenvalue weighted by Crippen LogP contribution is 2.20. The number of benzene rings is 2. The van der Waals surface area contributed by atoms with Crippen molar-refractivity contribution in [3.8, 4) is 5.75 Å². The first-order valence-electron chi connectivity index (χ1n) is 11.8. The summed E-state index contributed by atoms with van der Waals surface area (Å²) < 4.78 is 27.6. The van der Waals surface area contributed by atoms with E-state index in [-0.39, 0.29) is 4.90 Å². The maximum atomic E-state index is 10.9. The van der Waals surface area contributed by atoms with Crippen LogP contribution in [0.1, 0.15) is 63.3 Å². The molecule has 0 unspecified atom stereocenters. The van der Waals surface area contributed by atoms with Crippen LogP contribution in [0.3, 0.4) is 0 Å². The number of primary sulfonamides is 1. The lowest BCUT2D eigenvalue weighted by molar-refractivity contribution is 0.297. The molecule has 2 aromatic rings. The van der Waals surface area contributed by atoms with E-state index in [4.69, 9.17) is 9.88 Å². The smallest absolute Gasteiger partial charge is 0.238 e. The summed E-state index contributed by atoms with van der Waals surface area (Å²) >= 11 is 0. The average Bonchev–Trinajstić information content (AvgIpc) is 2.79. The predicted octanol–water partition coefficient (Wildman–Crippen LogP) is 6.28. The van der Waals surface area contributed by atoms with Gasteiger partial charge in [-0.25, -0.2) is 13.6 Å². The molecule has 2 rings (SSSR count). The fourth-order valence-corrected chi connectivity index (χ4v) is 3.53. The van der Waals surface area contributed by atoms with Crippen LogP contribution in [-0.2, 0) is 10.0 Å². The largest absolute Gasteiger partial charge is 0.441 e. The van der Waals surface area contributed by atoms with E-state index in [0.29, 0.717) is 5.88 Å². The number of aliphatic imine (C=N–C) groups is 1. The first kappa shape index (κ1) is 31.4. The van der Waals surface area contributed by atoms with Gasteiger partial charge in [-0.2, -0.15) is 0 Å². The van der Waals surface area contributed by atoms with Gasteiger partial charge in [-0.15, -0.1) is 0 Å². The number of nitrogens with two attached hydrogens (primary N) is 1. The fourth-order valence-electron chi connectivity index (χ4n) is 2.93. The van der Waals surface area contributed by atoms with Gasteiger partial charge in [-0.3, -0.25) is 4.99 Å². The molecule has 0 aliphatic rings. The third kappa shape index (κ3) is 10.1. The monoisotopic (exact) mass is 489 g/mol. The standard InChI is InChI=1S/C17H26N2O.C8H11NO2S.C2H6/c1-7-17(18-8-2)19(9-3)15(6)20-16-11-10-13(4)14(5)12-16;1-6-3-4-8(5-7(6)2)12(9,10)11;1-2/h10-12H,6-9H2,1-5H3;3-5H,1-2H3,(H2,9,10,11);1-2H3. The number of ether oxygens (including phenoxy) is 1. The molecule has 0 amide bonds. The van der Waals surface area contributed by atoms with Crippen LogP contribution in [0.25, 0.3) is 0 Å². The number of rotatable bonds is 7. The van der Waals surface area contributed by atoms with Crippen LogP contribution in [0.15, 0.2) is 58.7 Å². The van der Waals surface area contributed by atoms with Crippen molar-refractivity contribution >= 4 is 15.9 Å². The number of hydrogen-bond acceptors (Lipinski definition) is 4. The van der Waals surface area contributed by atoms with Crippen LogP contribution >= 0.6 is 0 Å². The SMILES string of the molecule is C=C(Oc1ccc(C)c(C)c1)N(CC)C(CC)=NCC.CC.Cc1ccc(S(N)(=O)=O)cc1C. The van der Waals surface area contributed by atoms with E-state index in [0.717, 1.165) is 42.2 Å². The van der Waals surface area contributed by atoms with Crippen LogP contribution in [-0.4, -0.2) is 32.2 Å². The summed E-state index contributed by atoms with van der Waals surface area (Å²) in [5, 5.41) is 4.95. The normalized spacial score (nSPS) is 10.9. The molecule has 6 nitrogen and oxygen atoms in total. The molecule has 0 fully saturated rings. The van der Waals surface area contributed by atoms with Crippen LogP contribution in [0.5, 0.6) is 5.75 Å². The molecule has 7 heteroatoms. The van der Waals surface area contributed by atoms with Gasteiger partial charge in [0.25, 0.3) is 0 Å². The van der Waals surface area contributed by atoms with Gasteiger partial charge in [-0.1, -0.05) is 32.9 Å². The van der Waals surface area contributed by atoms with Gasteiger partial charge in [0.1, 0.15) is 11.6 Å². The first-order valence-corrected chi connectivity index (χ1v) is 13.3. The second-order valence-electron chi connectivity index (χ2n) is 7.52. The van der Waals surface area contributed by atoms with Crippen molar-refractivity contribution in [2.45, 2.75) is 73.6 Å². The van der Waals surface area contributed by atoms with Crippen molar-refractivity contribution in [1.82, 2.24) is 4.90 Å². The maximum Gasteiger partial charge on any atom is 0.238 e. The fraction of sp³-hybridized carbons (Fsp3) is 0.444. The van der Waals surface area contributed by atoms with E-state index in [9.17, 15) is 8.42 Å². The van der Waals surface area contributed by atoms with Crippen molar-refractivity contribution in [2.75, 3.05) is 13.1 Å². The molecule has 0 radical (unpaired) electrons. The van der Waals surface area contributed by atoms with Crippen molar-refractivity contribution in [3.05, 3.63) is 71.1 Å². The lowest BCUT2D eigenvalue weighted by Gasteiger charge is -2.26. The third-order valence-electron chi connectivity index (χ3n) is 5.11. The van der Waals surface area contributed by atoms with E-state index in [1.807, 2.05) is 51.7 Å². The van der Waals surface area contributed by atoms with Gasteiger partial charge >= 0.3 is 0 Å². The summed E-state index contributed by atoms with van der Waals surface area (Å²) in [6.07, 6.45) is 0.872. The Morgan fingerprint density at radius 3 is 1.88 bits per heavy atom. The van der Waals surface area contributed by atoms with E-state index < -0.39 is 10.0 Å². The minimum absolute atomic E-state index is 0.172. The lowest BCUT2D eigenvalue weighted by atomic mass is 10.1. The van der Waals surface area contributed by atoms with E-state index in [1.165, 1.54) is 17.2 Å². The van der Waals surface area contributed by atoms with Crippen molar-refractivity contribution in [1.29, 1.82) is 0 Å². The Hall–Kier alpha value is -2.64. The summed E-state index contributed by atoms with van der Waals surface area (Å²) in [7, 11) is -3.54. The zero-order valence-electron chi connectivity index (χ0n) is 22.4. The maximum absolute atomic E-state index is 10.9. The van der Waals surface area contributed by atoms with Gasteiger partial charge in [0.15, 0.2) is 5.88 Å². The molecule has 34 heavy (non-hydrogen) atoms. The Balaban J connectivity index is 0.000000662.